The second-order valence-corrected chi connectivity index (χ2v) is 5.58. The van der Waals surface area contributed by atoms with E-state index in [-0.39, 0.29) is 0 Å². The molecule has 0 aromatic heterocycles. The third kappa shape index (κ3) is 2.81. The molecule has 0 spiro atoms. The van der Waals surface area contributed by atoms with Crippen LogP contribution in [0, 0.1) is 0 Å². The Hall–Kier alpha value is -1.35. The molecule has 2 aliphatic rings. The first-order chi connectivity index (χ1) is 9.34. The van der Waals surface area contributed by atoms with Crippen molar-refractivity contribution in [3.63, 3.8) is 0 Å². The van der Waals surface area contributed by atoms with Crippen LogP contribution in [-0.2, 0) is 11.2 Å². The maximum Gasteiger partial charge on any atom is 0.227 e. The van der Waals surface area contributed by atoms with Crippen LogP contribution in [0.5, 0.6) is 0 Å². The van der Waals surface area contributed by atoms with Crippen LogP contribution in [0.4, 0.5) is 5.69 Å². The van der Waals surface area contributed by atoms with Gasteiger partial charge >= 0.3 is 0 Å². The average Bonchev–Trinajstić information content (AvgIpc) is 2.94. The summed E-state index contributed by atoms with van der Waals surface area (Å²) < 4.78 is 0. The molecule has 0 N–H and O–H groups in total. The number of aryl methyl sites for hydroxylation is 1. The molecule has 0 atom stereocenters. The molecule has 1 saturated heterocycles. The van der Waals surface area contributed by atoms with Gasteiger partial charge in [0.15, 0.2) is 0 Å². The Morgan fingerprint density at radius 2 is 1.79 bits per heavy atom. The summed E-state index contributed by atoms with van der Waals surface area (Å²) in [5.41, 5.74) is 2.46. The van der Waals surface area contributed by atoms with Crippen molar-refractivity contribution in [1.29, 1.82) is 0 Å². The molecule has 1 aromatic rings. The monoisotopic (exact) mass is 258 g/mol. The van der Waals surface area contributed by atoms with Crippen molar-refractivity contribution in [3.05, 3.63) is 29.8 Å². The zero-order chi connectivity index (χ0) is 13.1. The molecule has 1 aromatic carbocycles. The first-order valence-electron chi connectivity index (χ1n) is 7.45. The number of amides is 1. The number of nitrogens with zero attached hydrogens (tertiary/aromatic N) is 2. The maximum absolute atomic E-state index is 12.1. The maximum atomic E-state index is 12.1. The SMILES string of the molecule is O=C1CCc2ccccc2N1CCCN1CCCC1. The second-order valence-electron chi connectivity index (χ2n) is 5.58. The van der Waals surface area contributed by atoms with Crippen molar-refractivity contribution in [2.24, 2.45) is 0 Å². The highest BCUT2D eigenvalue weighted by atomic mass is 16.2. The van der Waals surface area contributed by atoms with Gasteiger partial charge in [-0.2, -0.15) is 0 Å². The van der Waals surface area contributed by atoms with Crippen molar-refractivity contribution in [3.8, 4) is 0 Å². The topological polar surface area (TPSA) is 23.6 Å². The zero-order valence-corrected chi connectivity index (χ0v) is 11.5. The number of benzene rings is 1. The van der Waals surface area contributed by atoms with Crippen molar-refractivity contribution in [2.75, 3.05) is 31.1 Å². The molecule has 0 radical (unpaired) electrons. The van der Waals surface area contributed by atoms with Crippen molar-refractivity contribution in [1.82, 2.24) is 4.90 Å². The first-order valence-corrected chi connectivity index (χ1v) is 7.45. The fraction of sp³-hybridized carbons (Fsp3) is 0.562. The van der Waals surface area contributed by atoms with E-state index >= 15 is 0 Å². The standard InChI is InChI=1S/C16H22N2O/c19-16-9-8-14-6-1-2-7-15(14)18(16)13-5-12-17-10-3-4-11-17/h1-2,6-7H,3-5,8-13H2. The molecule has 0 unspecified atom stereocenters. The van der Waals surface area contributed by atoms with Gasteiger partial charge in [0, 0.05) is 18.7 Å². The van der Waals surface area contributed by atoms with E-state index in [0.29, 0.717) is 12.3 Å². The highest BCUT2D eigenvalue weighted by Gasteiger charge is 2.23. The number of likely N-dealkylation sites (tertiary alicyclic amines) is 1. The van der Waals surface area contributed by atoms with Gasteiger partial charge in [0.2, 0.25) is 5.91 Å². The summed E-state index contributed by atoms with van der Waals surface area (Å²) in [7, 11) is 0. The number of anilines is 1. The minimum Gasteiger partial charge on any atom is -0.312 e. The van der Waals surface area contributed by atoms with Gasteiger partial charge in [0.25, 0.3) is 0 Å². The number of para-hydroxylation sites is 1. The van der Waals surface area contributed by atoms with Crippen LogP contribution in [0.2, 0.25) is 0 Å². The van der Waals surface area contributed by atoms with Crippen molar-refractivity contribution >= 4 is 11.6 Å². The van der Waals surface area contributed by atoms with Gasteiger partial charge < -0.3 is 9.80 Å². The molecule has 2 heterocycles. The normalized spacial score (nSPS) is 19.8. The van der Waals surface area contributed by atoms with E-state index in [2.05, 4.69) is 23.1 Å². The number of carbonyl (C=O) groups is 1. The third-order valence-electron chi connectivity index (χ3n) is 4.25. The Morgan fingerprint density at radius 1 is 1.00 bits per heavy atom. The van der Waals surface area contributed by atoms with E-state index < -0.39 is 0 Å². The molecule has 0 bridgehead atoms. The Kier molecular flexibility index (Phi) is 3.83. The van der Waals surface area contributed by atoms with Crippen LogP contribution in [0.3, 0.4) is 0 Å². The Bertz CT molecular complexity index is 452. The largest absolute Gasteiger partial charge is 0.312 e. The molecule has 0 saturated carbocycles. The predicted molar refractivity (Wildman–Crippen MR) is 77.4 cm³/mol. The molecule has 3 nitrogen and oxygen atoms in total. The lowest BCUT2D eigenvalue weighted by molar-refractivity contribution is -0.118. The number of hydrogen-bond acceptors (Lipinski definition) is 2. The molecule has 1 fully saturated rings. The molecular weight excluding hydrogens is 236 g/mol. The number of hydrogen-bond donors (Lipinski definition) is 0. The van der Waals surface area contributed by atoms with E-state index in [1.807, 2.05) is 11.0 Å². The van der Waals surface area contributed by atoms with Gasteiger partial charge in [-0.25, -0.2) is 0 Å². The molecule has 102 valence electrons. The van der Waals surface area contributed by atoms with Gasteiger partial charge in [0.1, 0.15) is 0 Å². The van der Waals surface area contributed by atoms with E-state index in [1.165, 1.54) is 31.5 Å². The minimum absolute atomic E-state index is 0.292. The predicted octanol–water partition coefficient (Wildman–Crippen LogP) is 2.45. The number of carbonyl (C=O) groups excluding carboxylic acids is 1. The van der Waals surface area contributed by atoms with Crippen LogP contribution < -0.4 is 4.90 Å². The van der Waals surface area contributed by atoms with E-state index in [4.69, 9.17) is 0 Å². The van der Waals surface area contributed by atoms with Gasteiger partial charge in [-0.05, 0) is 56.9 Å². The molecule has 0 aliphatic carbocycles. The summed E-state index contributed by atoms with van der Waals surface area (Å²) in [6, 6.07) is 8.33. The molecular formula is C16H22N2O. The quantitative estimate of drug-likeness (QED) is 0.828. The lowest BCUT2D eigenvalue weighted by Gasteiger charge is -2.30. The summed E-state index contributed by atoms with van der Waals surface area (Å²) in [5, 5.41) is 0. The number of rotatable bonds is 4. The van der Waals surface area contributed by atoms with Crippen molar-refractivity contribution < 1.29 is 4.79 Å². The van der Waals surface area contributed by atoms with Crippen LogP contribution in [-0.4, -0.2) is 37.0 Å². The molecule has 3 rings (SSSR count). The summed E-state index contributed by atoms with van der Waals surface area (Å²) >= 11 is 0. The van der Waals surface area contributed by atoms with Gasteiger partial charge in [-0.1, -0.05) is 18.2 Å². The van der Waals surface area contributed by atoms with Gasteiger partial charge in [-0.15, -0.1) is 0 Å². The molecule has 1 amide bonds. The summed E-state index contributed by atoms with van der Waals surface area (Å²) in [5.74, 6) is 0.292. The van der Waals surface area contributed by atoms with Crippen LogP contribution >= 0.6 is 0 Å². The summed E-state index contributed by atoms with van der Waals surface area (Å²) in [4.78, 5) is 16.6. The third-order valence-corrected chi connectivity index (χ3v) is 4.25. The highest BCUT2D eigenvalue weighted by Crippen LogP contribution is 2.27. The van der Waals surface area contributed by atoms with Gasteiger partial charge in [0.05, 0.1) is 0 Å². The fourth-order valence-corrected chi connectivity index (χ4v) is 3.20. The fourth-order valence-electron chi connectivity index (χ4n) is 3.20. The summed E-state index contributed by atoms with van der Waals surface area (Å²) in [6.07, 6.45) is 5.33. The van der Waals surface area contributed by atoms with E-state index in [0.717, 1.165) is 31.6 Å². The number of fused-ring (bicyclic) bond motifs is 1. The Morgan fingerprint density at radius 3 is 2.63 bits per heavy atom. The average molecular weight is 258 g/mol. The van der Waals surface area contributed by atoms with Crippen LogP contribution in [0.25, 0.3) is 0 Å². The van der Waals surface area contributed by atoms with Crippen molar-refractivity contribution in [2.45, 2.75) is 32.1 Å². The first kappa shape index (κ1) is 12.7. The Labute approximate surface area is 115 Å². The van der Waals surface area contributed by atoms with E-state index in [1.54, 1.807) is 0 Å². The zero-order valence-electron chi connectivity index (χ0n) is 11.5. The van der Waals surface area contributed by atoms with Crippen LogP contribution in [0.15, 0.2) is 24.3 Å². The summed E-state index contributed by atoms with van der Waals surface area (Å²) in [6.45, 7) is 4.48. The second kappa shape index (κ2) is 5.74. The highest BCUT2D eigenvalue weighted by molar-refractivity contribution is 5.96. The molecule has 19 heavy (non-hydrogen) atoms. The lowest BCUT2D eigenvalue weighted by atomic mass is 10.0. The van der Waals surface area contributed by atoms with E-state index in [9.17, 15) is 4.79 Å². The Balaban J connectivity index is 1.61. The molecule has 2 aliphatic heterocycles. The van der Waals surface area contributed by atoms with Crippen LogP contribution in [0.1, 0.15) is 31.2 Å². The minimum atomic E-state index is 0.292. The van der Waals surface area contributed by atoms with Gasteiger partial charge in [-0.3, -0.25) is 4.79 Å². The molecule has 3 heteroatoms. The smallest absolute Gasteiger partial charge is 0.227 e. The lowest BCUT2D eigenvalue weighted by Crippen LogP contribution is -2.37.